The number of hydrogen-bond donors (Lipinski definition) is 0. The second kappa shape index (κ2) is 10.3. The number of rotatable bonds is 10. The summed E-state index contributed by atoms with van der Waals surface area (Å²) in [4.78, 5) is 0. The highest BCUT2D eigenvalue weighted by Crippen LogP contribution is 2.31. The Balaban J connectivity index is 1.80. The van der Waals surface area contributed by atoms with E-state index in [0.717, 1.165) is 11.8 Å². The van der Waals surface area contributed by atoms with Gasteiger partial charge in [0.1, 0.15) is 0 Å². The zero-order valence-electron chi connectivity index (χ0n) is 15.7. The van der Waals surface area contributed by atoms with E-state index in [1.807, 2.05) is 0 Å². The Morgan fingerprint density at radius 2 is 1.29 bits per heavy atom. The Kier molecular flexibility index (Phi) is 8.08. The lowest BCUT2D eigenvalue weighted by Gasteiger charge is -2.21. The fraction of sp³-hybridized carbons (Fsp3) is 0.500. The Bertz CT molecular complexity index is 543. The highest BCUT2D eigenvalue weighted by atomic mass is 14.2. The molecule has 2 aromatic carbocycles. The van der Waals surface area contributed by atoms with Crippen molar-refractivity contribution in [3.05, 3.63) is 71.8 Å². The van der Waals surface area contributed by atoms with Crippen molar-refractivity contribution in [1.82, 2.24) is 0 Å². The van der Waals surface area contributed by atoms with Gasteiger partial charge in [0.05, 0.1) is 0 Å². The van der Waals surface area contributed by atoms with Gasteiger partial charge in [-0.15, -0.1) is 0 Å². The minimum atomic E-state index is 0.673. The molecule has 0 fully saturated rings. The summed E-state index contributed by atoms with van der Waals surface area (Å²) in [6, 6.07) is 22.1. The van der Waals surface area contributed by atoms with E-state index in [1.165, 1.54) is 49.7 Å². The van der Waals surface area contributed by atoms with Gasteiger partial charge in [-0.3, -0.25) is 0 Å². The third-order valence-electron chi connectivity index (χ3n) is 5.56. The highest BCUT2D eigenvalue weighted by Gasteiger charge is 2.15. The van der Waals surface area contributed by atoms with Crippen molar-refractivity contribution in [2.75, 3.05) is 0 Å². The molecular formula is C24H34. The molecule has 0 aliphatic rings. The second-order valence-electron chi connectivity index (χ2n) is 7.27. The van der Waals surface area contributed by atoms with E-state index < -0.39 is 0 Å². The monoisotopic (exact) mass is 322 g/mol. The lowest BCUT2D eigenvalue weighted by atomic mass is 9.84. The first kappa shape index (κ1) is 18.8. The smallest absolute Gasteiger partial charge is 0.0165 e. The molecule has 2 rings (SSSR count). The zero-order valence-corrected chi connectivity index (χ0v) is 15.7. The first-order valence-electron chi connectivity index (χ1n) is 9.84. The van der Waals surface area contributed by atoms with Gasteiger partial charge in [-0.25, -0.2) is 0 Å². The molecule has 0 bridgehead atoms. The fourth-order valence-corrected chi connectivity index (χ4v) is 3.89. The number of hydrogen-bond acceptors (Lipinski definition) is 0. The molecule has 3 unspecified atom stereocenters. The third-order valence-corrected chi connectivity index (χ3v) is 5.56. The van der Waals surface area contributed by atoms with Crippen LogP contribution in [0.5, 0.6) is 0 Å². The largest absolute Gasteiger partial charge is 0.0651 e. The maximum Gasteiger partial charge on any atom is -0.0165 e. The molecule has 0 amide bonds. The third kappa shape index (κ3) is 5.82. The fourth-order valence-electron chi connectivity index (χ4n) is 3.89. The lowest BCUT2D eigenvalue weighted by Crippen LogP contribution is -2.06. The normalized spacial score (nSPS) is 15.0. The quantitative estimate of drug-likeness (QED) is 0.423. The Labute approximate surface area is 149 Å². The van der Waals surface area contributed by atoms with Gasteiger partial charge in [0.25, 0.3) is 0 Å². The lowest BCUT2D eigenvalue weighted by molar-refractivity contribution is 0.382. The van der Waals surface area contributed by atoms with Gasteiger partial charge >= 0.3 is 0 Å². The molecule has 0 nitrogen and oxygen atoms in total. The summed E-state index contributed by atoms with van der Waals surface area (Å²) in [5, 5.41) is 0. The van der Waals surface area contributed by atoms with E-state index in [1.54, 1.807) is 0 Å². The molecule has 24 heavy (non-hydrogen) atoms. The van der Waals surface area contributed by atoms with Gasteiger partial charge in [-0.2, -0.15) is 0 Å². The van der Waals surface area contributed by atoms with E-state index in [2.05, 4.69) is 81.4 Å². The Morgan fingerprint density at radius 1 is 0.708 bits per heavy atom. The molecule has 3 atom stereocenters. The molecule has 0 heteroatoms. The average Bonchev–Trinajstić information content (AvgIpc) is 2.65. The molecule has 0 heterocycles. The van der Waals surface area contributed by atoms with E-state index in [4.69, 9.17) is 0 Å². The molecule has 0 aliphatic heterocycles. The van der Waals surface area contributed by atoms with Crippen LogP contribution in [0.15, 0.2) is 60.7 Å². The second-order valence-corrected chi connectivity index (χ2v) is 7.27. The van der Waals surface area contributed by atoms with Crippen molar-refractivity contribution in [2.45, 2.75) is 71.1 Å². The van der Waals surface area contributed by atoms with Crippen LogP contribution in [0.2, 0.25) is 0 Å². The first-order chi connectivity index (χ1) is 11.7. The molecular weight excluding hydrogens is 288 g/mol. The van der Waals surface area contributed by atoms with Gasteiger partial charge in [-0.1, -0.05) is 101 Å². The molecule has 0 saturated carbocycles. The molecule has 0 aliphatic carbocycles. The summed E-state index contributed by atoms with van der Waals surface area (Å²) < 4.78 is 0. The maximum atomic E-state index is 2.39. The van der Waals surface area contributed by atoms with Crippen molar-refractivity contribution in [1.29, 1.82) is 0 Å². The summed E-state index contributed by atoms with van der Waals surface area (Å²) in [7, 11) is 0. The van der Waals surface area contributed by atoms with Crippen LogP contribution in [0.3, 0.4) is 0 Å². The summed E-state index contributed by atoms with van der Waals surface area (Å²) in [5.74, 6) is 2.26. The summed E-state index contributed by atoms with van der Waals surface area (Å²) in [6.45, 7) is 7.07. The molecule has 2 aromatic rings. The highest BCUT2D eigenvalue weighted by molar-refractivity contribution is 5.19. The van der Waals surface area contributed by atoms with Crippen LogP contribution in [-0.4, -0.2) is 0 Å². The molecule has 0 N–H and O–H groups in total. The Hall–Kier alpha value is -1.56. The van der Waals surface area contributed by atoms with Crippen molar-refractivity contribution in [3.63, 3.8) is 0 Å². The molecule has 0 radical (unpaired) electrons. The average molecular weight is 323 g/mol. The van der Waals surface area contributed by atoms with Crippen LogP contribution in [0.4, 0.5) is 0 Å². The molecule has 0 aromatic heterocycles. The van der Waals surface area contributed by atoms with Gasteiger partial charge in [0.15, 0.2) is 0 Å². The minimum absolute atomic E-state index is 0.673. The van der Waals surface area contributed by atoms with Crippen LogP contribution >= 0.6 is 0 Å². The van der Waals surface area contributed by atoms with Crippen molar-refractivity contribution in [3.8, 4) is 0 Å². The zero-order chi connectivity index (χ0) is 17.2. The summed E-state index contributed by atoms with van der Waals surface area (Å²) in [6.07, 6.45) is 7.93. The molecule has 0 saturated heterocycles. The van der Waals surface area contributed by atoms with Crippen LogP contribution in [0.1, 0.15) is 82.3 Å². The maximum absolute atomic E-state index is 2.39. The topological polar surface area (TPSA) is 0 Å². The van der Waals surface area contributed by atoms with E-state index in [-0.39, 0.29) is 0 Å². The SMILES string of the molecule is CCC(CCCC(CC)c1ccccc1)CC(C)c1ccccc1. The van der Waals surface area contributed by atoms with Gasteiger partial charge in [-0.05, 0) is 48.1 Å². The summed E-state index contributed by atoms with van der Waals surface area (Å²) >= 11 is 0. The van der Waals surface area contributed by atoms with E-state index in [0.29, 0.717) is 5.92 Å². The minimum Gasteiger partial charge on any atom is -0.0651 e. The predicted molar refractivity (Wildman–Crippen MR) is 107 cm³/mol. The summed E-state index contributed by atoms with van der Waals surface area (Å²) in [5.41, 5.74) is 3.01. The van der Waals surface area contributed by atoms with Crippen LogP contribution in [0, 0.1) is 5.92 Å². The van der Waals surface area contributed by atoms with Crippen LogP contribution < -0.4 is 0 Å². The van der Waals surface area contributed by atoms with Crippen LogP contribution in [-0.2, 0) is 0 Å². The first-order valence-corrected chi connectivity index (χ1v) is 9.84. The number of benzene rings is 2. The Morgan fingerprint density at radius 3 is 1.83 bits per heavy atom. The predicted octanol–water partition coefficient (Wildman–Crippen LogP) is 7.57. The van der Waals surface area contributed by atoms with Crippen molar-refractivity contribution >= 4 is 0 Å². The van der Waals surface area contributed by atoms with Gasteiger partial charge in [0.2, 0.25) is 0 Å². The van der Waals surface area contributed by atoms with E-state index in [9.17, 15) is 0 Å². The van der Waals surface area contributed by atoms with Crippen molar-refractivity contribution in [2.24, 2.45) is 5.92 Å². The van der Waals surface area contributed by atoms with Crippen LogP contribution in [0.25, 0.3) is 0 Å². The van der Waals surface area contributed by atoms with E-state index >= 15 is 0 Å². The standard InChI is InChI=1S/C24H34/c1-4-21(19-20(3)23-14-8-6-9-15-23)13-12-18-22(5-2)24-16-10-7-11-17-24/h6-11,14-17,20-22H,4-5,12-13,18-19H2,1-3H3. The van der Waals surface area contributed by atoms with Crippen molar-refractivity contribution < 1.29 is 0 Å². The molecule has 130 valence electrons. The van der Waals surface area contributed by atoms with Gasteiger partial charge in [0, 0.05) is 0 Å². The molecule has 0 spiro atoms. The van der Waals surface area contributed by atoms with Gasteiger partial charge < -0.3 is 0 Å².